The number of esters is 3. The van der Waals surface area contributed by atoms with E-state index in [1.807, 2.05) is 0 Å². The zero-order valence-corrected chi connectivity index (χ0v) is 45.2. The fraction of sp³-hybridized carbons (Fsp3) is 0.831. The van der Waals surface area contributed by atoms with Gasteiger partial charge >= 0.3 is 23.9 Å². The highest BCUT2D eigenvalue weighted by Crippen LogP contribution is 2.26. The smallest absolute Gasteiger partial charge is 0.335 e. The van der Waals surface area contributed by atoms with Gasteiger partial charge in [-0.05, 0) is 51.4 Å². The maximum absolute atomic E-state index is 13.1. The Bertz CT molecular complexity index is 1380. The number of unbranched alkanes of at least 4 members (excludes halogenated alkanes) is 29. The van der Waals surface area contributed by atoms with Gasteiger partial charge in [0, 0.05) is 19.3 Å². The summed E-state index contributed by atoms with van der Waals surface area (Å²) in [5.41, 5.74) is 0. The first-order valence-corrected chi connectivity index (χ1v) is 29.0. The number of hydrogen-bond acceptors (Lipinski definition) is 11. The van der Waals surface area contributed by atoms with E-state index in [1.54, 1.807) is 0 Å². The molecule has 0 aromatic heterocycles. The van der Waals surface area contributed by atoms with Crippen LogP contribution in [-0.2, 0) is 42.9 Å². The van der Waals surface area contributed by atoms with Crippen molar-refractivity contribution in [2.75, 3.05) is 13.2 Å². The topological polar surface area (TPSA) is 175 Å². The molecular formula is C59H104O12. The van der Waals surface area contributed by atoms with Crippen LogP contribution in [0.25, 0.3) is 0 Å². The van der Waals surface area contributed by atoms with E-state index >= 15 is 0 Å². The lowest BCUT2D eigenvalue weighted by atomic mass is 9.98. The monoisotopic (exact) mass is 1000 g/mol. The van der Waals surface area contributed by atoms with Gasteiger partial charge in [0.05, 0.1) is 6.61 Å². The second kappa shape index (κ2) is 47.9. The summed E-state index contributed by atoms with van der Waals surface area (Å²) in [7, 11) is 0. The van der Waals surface area contributed by atoms with Crippen molar-refractivity contribution in [3.63, 3.8) is 0 Å². The van der Waals surface area contributed by atoms with Crippen LogP contribution in [-0.4, -0.2) is 89.2 Å². The molecule has 0 aromatic carbocycles. The number of carboxylic acids is 1. The number of carbonyl (C=O) groups is 4. The molecule has 0 amide bonds. The zero-order chi connectivity index (χ0) is 51.8. The molecule has 1 aliphatic rings. The summed E-state index contributed by atoms with van der Waals surface area (Å²) in [4.78, 5) is 51.0. The van der Waals surface area contributed by atoms with Gasteiger partial charge in [0.2, 0.25) is 0 Å². The predicted molar refractivity (Wildman–Crippen MR) is 285 cm³/mol. The molecule has 0 aliphatic carbocycles. The molecule has 0 aromatic rings. The Kier molecular flexibility index (Phi) is 44.5. The van der Waals surface area contributed by atoms with Crippen molar-refractivity contribution in [3.8, 4) is 0 Å². The highest BCUT2D eigenvalue weighted by atomic mass is 16.7. The van der Waals surface area contributed by atoms with Crippen LogP contribution in [0.5, 0.6) is 0 Å². The van der Waals surface area contributed by atoms with Crippen LogP contribution in [0.2, 0.25) is 0 Å². The van der Waals surface area contributed by atoms with Crippen molar-refractivity contribution in [3.05, 3.63) is 36.5 Å². The highest BCUT2D eigenvalue weighted by Gasteiger charge is 2.50. The predicted octanol–water partition coefficient (Wildman–Crippen LogP) is 14.5. The first kappa shape index (κ1) is 66.0. The van der Waals surface area contributed by atoms with Gasteiger partial charge in [-0.25, -0.2) is 4.79 Å². The maximum Gasteiger partial charge on any atom is 0.335 e. The molecule has 0 bridgehead atoms. The summed E-state index contributed by atoms with van der Waals surface area (Å²) in [6, 6.07) is 0. The quantitative estimate of drug-likeness (QED) is 0.0228. The molecule has 1 rings (SSSR count). The molecule has 12 nitrogen and oxygen atoms in total. The molecule has 1 heterocycles. The molecule has 71 heavy (non-hydrogen) atoms. The molecule has 1 aliphatic heterocycles. The second-order valence-corrected chi connectivity index (χ2v) is 19.9. The molecular weight excluding hydrogens is 901 g/mol. The molecule has 0 spiro atoms. The van der Waals surface area contributed by atoms with Crippen LogP contribution < -0.4 is 0 Å². The van der Waals surface area contributed by atoms with Crippen molar-refractivity contribution in [1.29, 1.82) is 0 Å². The third-order valence-electron chi connectivity index (χ3n) is 13.2. The number of carboxylic acid groups (broad SMARTS) is 1. The molecule has 3 N–H and O–H groups in total. The Morgan fingerprint density at radius 1 is 0.479 bits per heavy atom. The van der Waals surface area contributed by atoms with E-state index in [9.17, 15) is 34.5 Å². The molecule has 1 fully saturated rings. The minimum atomic E-state index is -1.90. The van der Waals surface area contributed by atoms with Crippen LogP contribution in [0.4, 0.5) is 0 Å². The number of carbonyl (C=O) groups excluding carboxylic acids is 3. The van der Waals surface area contributed by atoms with Crippen LogP contribution in [0.15, 0.2) is 36.5 Å². The van der Waals surface area contributed by atoms with Crippen molar-refractivity contribution in [1.82, 2.24) is 0 Å². The van der Waals surface area contributed by atoms with Gasteiger partial charge in [0.25, 0.3) is 0 Å². The van der Waals surface area contributed by atoms with E-state index in [-0.39, 0.29) is 25.9 Å². The van der Waals surface area contributed by atoms with Crippen LogP contribution in [0.1, 0.15) is 265 Å². The van der Waals surface area contributed by atoms with Crippen LogP contribution in [0.3, 0.4) is 0 Å². The average Bonchev–Trinajstić information content (AvgIpc) is 3.35. The minimum Gasteiger partial charge on any atom is -0.479 e. The van der Waals surface area contributed by atoms with Crippen molar-refractivity contribution < 1.29 is 58.2 Å². The van der Waals surface area contributed by atoms with E-state index in [0.717, 1.165) is 83.5 Å². The molecule has 0 radical (unpaired) electrons. The first-order chi connectivity index (χ1) is 34.6. The number of aliphatic carboxylic acids is 1. The average molecular weight is 1010 g/mol. The lowest BCUT2D eigenvalue weighted by molar-refractivity contribution is -0.301. The lowest BCUT2D eigenvalue weighted by Gasteiger charge is -2.40. The Hall–Kier alpha value is -3.06. The van der Waals surface area contributed by atoms with Gasteiger partial charge < -0.3 is 39.0 Å². The van der Waals surface area contributed by atoms with E-state index < -0.39 is 67.3 Å². The zero-order valence-electron chi connectivity index (χ0n) is 45.2. The van der Waals surface area contributed by atoms with Crippen molar-refractivity contribution in [2.24, 2.45) is 0 Å². The van der Waals surface area contributed by atoms with Gasteiger partial charge in [-0.3, -0.25) is 14.4 Å². The van der Waals surface area contributed by atoms with Gasteiger partial charge in [0.15, 0.2) is 24.6 Å². The molecule has 412 valence electrons. The Morgan fingerprint density at radius 3 is 1.35 bits per heavy atom. The minimum absolute atomic E-state index is 0.0614. The number of ether oxygens (including phenoxy) is 5. The molecule has 6 atom stereocenters. The van der Waals surface area contributed by atoms with E-state index in [2.05, 4.69) is 57.2 Å². The van der Waals surface area contributed by atoms with Gasteiger partial charge in [0.1, 0.15) is 18.8 Å². The Morgan fingerprint density at radius 2 is 0.887 bits per heavy atom. The molecule has 12 heteroatoms. The number of allylic oxidation sites excluding steroid dienone is 6. The summed E-state index contributed by atoms with van der Waals surface area (Å²) in [5.74, 6) is -3.14. The third kappa shape index (κ3) is 38.2. The highest BCUT2D eigenvalue weighted by molar-refractivity contribution is 5.74. The van der Waals surface area contributed by atoms with Crippen molar-refractivity contribution >= 4 is 23.9 Å². The number of hydrogen-bond donors (Lipinski definition) is 3. The number of aliphatic hydroxyl groups is 2. The van der Waals surface area contributed by atoms with Gasteiger partial charge in [-0.15, -0.1) is 0 Å². The molecule has 1 saturated heterocycles. The first-order valence-electron chi connectivity index (χ1n) is 29.0. The SMILES string of the molecule is CC/C=C\C/C=C\C/C=C\CCCCCC(=O)OC(COC(=O)CCCCCCCCCCCCCCCCCCC)COC1OC(C(=O)O)C(O)C(O)C1OC(=O)CCCCCCCCCCCCC. The van der Waals surface area contributed by atoms with E-state index in [1.165, 1.54) is 122 Å². The summed E-state index contributed by atoms with van der Waals surface area (Å²) < 4.78 is 28.4. The third-order valence-corrected chi connectivity index (χ3v) is 13.2. The summed E-state index contributed by atoms with van der Waals surface area (Å²) >= 11 is 0. The summed E-state index contributed by atoms with van der Waals surface area (Å²) in [6.07, 6.45) is 42.7. The van der Waals surface area contributed by atoms with E-state index in [4.69, 9.17) is 23.7 Å². The maximum atomic E-state index is 13.1. The normalized spacial score (nSPS) is 18.7. The number of aliphatic hydroxyl groups excluding tert-OH is 2. The fourth-order valence-electron chi connectivity index (χ4n) is 8.80. The van der Waals surface area contributed by atoms with Crippen LogP contribution in [0, 0.1) is 0 Å². The van der Waals surface area contributed by atoms with Gasteiger partial charge in [-0.1, -0.05) is 231 Å². The van der Waals surface area contributed by atoms with E-state index in [0.29, 0.717) is 19.3 Å². The fourth-order valence-corrected chi connectivity index (χ4v) is 8.80. The Labute approximate surface area is 431 Å². The Balaban J connectivity index is 2.68. The second-order valence-electron chi connectivity index (χ2n) is 19.9. The summed E-state index contributed by atoms with van der Waals surface area (Å²) in [5, 5.41) is 31.4. The largest absolute Gasteiger partial charge is 0.479 e. The van der Waals surface area contributed by atoms with Gasteiger partial charge in [-0.2, -0.15) is 0 Å². The van der Waals surface area contributed by atoms with Crippen LogP contribution >= 0.6 is 0 Å². The van der Waals surface area contributed by atoms with Crippen molar-refractivity contribution in [2.45, 2.75) is 302 Å². The molecule has 0 saturated carbocycles. The number of rotatable bonds is 49. The standard InChI is InChI=1S/C59H104O12/c1-4-7-10-13-16-19-22-24-25-26-27-29-31-33-36-39-42-45-51(60)67-48-50(69-52(61)46-43-40-37-35-32-28-23-20-17-14-11-8-5-2)49-68-59-57(55(64)54(63)56(71-59)58(65)66)70-53(62)47-44-41-38-34-30-21-18-15-12-9-6-3/h8,11,17,20,28,32,50,54-57,59,63-64H,4-7,9-10,12-16,18-19,21-27,29-31,33-49H2,1-3H3,(H,65,66)/b11-8-,20-17-,32-28-. The lowest BCUT2D eigenvalue weighted by Crippen LogP contribution is -2.61. The molecule has 6 unspecified atom stereocenters. The summed E-state index contributed by atoms with van der Waals surface area (Å²) in [6.45, 7) is 5.85.